The molecule has 1 unspecified atom stereocenters. The molecule has 1 atom stereocenters. The molecule has 0 bridgehead atoms. The van der Waals surface area contributed by atoms with Gasteiger partial charge >= 0.3 is 17.9 Å². The van der Waals surface area contributed by atoms with Gasteiger partial charge in [-0.3, -0.25) is 9.59 Å². The predicted octanol–water partition coefficient (Wildman–Crippen LogP) is 1.31. The molecule has 3 rings (SSSR count). The van der Waals surface area contributed by atoms with Gasteiger partial charge in [0.2, 0.25) is 0 Å². The van der Waals surface area contributed by atoms with Crippen molar-refractivity contribution in [3.05, 3.63) is 35.4 Å². The van der Waals surface area contributed by atoms with Crippen molar-refractivity contribution in [1.82, 2.24) is 0 Å². The van der Waals surface area contributed by atoms with E-state index in [2.05, 4.69) is 0 Å². The van der Waals surface area contributed by atoms with Crippen molar-refractivity contribution in [2.24, 2.45) is 5.41 Å². The number of carboxylic acids is 1. The van der Waals surface area contributed by atoms with Crippen LogP contribution in [-0.4, -0.2) is 29.6 Å². The molecule has 20 heavy (non-hydrogen) atoms. The van der Waals surface area contributed by atoms with Crippen LogP contribution in [0.15, 0.2) is 24.3 Å². The van der Waals surface area contributed by atoms with Crippen LogP contribution in [0.4, 0.5) is 0 Å². The molecule has 0 radical (unpaired) electrons. The highest BCUT2D eigenvalue weighted by molar-refractivity contribution is 6.02. The first-order chi connectivity index (χ1) is 9.54. The van der Waals surface area contributed by atoms with Crippen molar-refractivity contribution < 1.29 is 29.0 Å². The van der Waals surface area contributed by atoms with Crippen molar-refractivity contribution in [2.75, 3.05) is 6.61 Å². The Morgan fingerprint density at radius 2 is 2.05 bits per heavy atom. The molecule has 1 saturated carbocycles. The highest BCUT2D eigenvalue weighted by Gasteiger charge is 2.58. The molecule has 1 aliphatic heterocycles. The van der Waals surface area contributed by atoms with E-state index >= 15 is 0 Å². The first kappa shape index (κ1) is 12.7. The standard InChI is InChI=1S/C14H12O6/c15-11-9-4-2-1-3-8(9)10(20-11)7-19-13(18)14(5-6-14)12(16)17/h1-4,10H,5-7H2,(H,16,17). The topological polar surface area (TPSA) is 89.9 Å². The minimum absolute atomic E-state index is 0.156. The summed E-state index contributed by atoms with van der Waals surface area (Å²) in [4.78, 5) is 34.3. The number of hydrogen-bond acceptors (Lipinski definition) is 5. The normalized spacial score (nSPS) is 21.8. The van der Waals surface area contributed by atoms with Crippen LogP contribution in [0.3, 0.4) is 0 Å². The van der Waals surface area contributed by atoms with Gasteiger partial charge in [0.1, 0.15) is 6.61 Å². The summed E-state index contributed by atoms with van der Waals surface area (Å²) in [5.74, 6) is -2.38. The lowest BCUT2D eigenvalue weighted by molar-refractivity contribution is -0.163. The lowest BCUT2D eigenvalue weighted by Gasteiger charge is -2.14. The van der Waals surface area contributed by atoms with Crippen LogP contribution in [-0.2, 0) is 19.1 Å². The molecule has 1 aromatic carbocycles. The van der Waals surface area contributed by atoms with Crippen molar-refractivity contribution >= 4 is 17.9 Å². The third-order valence-electron chi connectivity index (χ3n) is 3.69. The highest BCUT2D eigenvalue weighted by atomic mass is 16.6. The number of esters is 2. The van der Waals surface area contributed by atoms with Gasteiger partial charge in [-0.05, 0) is 18.9 Å². The Labute approximate surface area is 114 Å². The van der Waals surface area contributed by atoms with Crippen LogP contribution in [0.1, 0.15) is 34.9 Å². The Morgan fingerprint density at radius 3 is 2.70 bits per heavy atom. The molecule has 6 nitrogen and oxygen atoms in total. The fraction of sp³-hybridized carbons (Fsp3) is 0.357. The fourth-order valence-corrected chi connectivity index (χ4v) is 2.26. The third kappa shape index (κ3) is 1.84. The van der Waals surface area contributed by atoms with Gasteiger partial charge in [0.05, 0.1) is 5.56 Å². The SMILES string of the molecule is O=C1OC(COC(=O)C2(C(=O)O)CC2)c2ccccc21. The van der Waals surface area contributed by atoms with Gasteiger partial charge in [-0.2, -0.15) is 0 Å². The average Bonchev–Trinajstić information content (AvgIpc) is 3.19. The van der Waals surface area contributed by atoms with Gasteiger partial charge in [0.15, 0.2) is 11.5 Å². The van der Waals surface area contributed by atoms with E-state index in [0.717, 1.165) is 0 Å². The van der Waals surface area contributed by atoms with Gasteiger partial charge in [0, 0.05) is 5.56 Å². The first-order valence-electron chi connectivity index (χ1n) is 6.25. The average molecular weight is 276 g/mol. The molecule has 6 heteroatoms. The molecule has 0 amide bonds. The van der Waals surface area contributed by atoms with Crippen molar-refractivity contribution in [2.45, 2.75) is 18.9 Å². The maximum Gasteiger partial charge on any atom is 0.339 e. The van der Waals surface area contributed by atoms with E-state index in [1.54, 1.807) is 24.3 Å². The van der Waals surface area contributed by atoms with Crippen molar-refractivity contribution in [3.8, 4) is 0 Å². The van der Waals surface area contributed by atoms with E-state index in [0.29, 0.717) is 24.0 Å². The Bertz CT molecular complexity index is 601. The van der Waals surface area contributed by atoms with Crippen molar-refractivity contribution in [3.63, 3.8) is 0 Å². The third-order valence-corrected chi connectivity index (χ3v) is 3.69. The summed E-state index contributed by atoms with van der Waals surface area (Å²) >= 11 is 0. The van der Waals surface area contributed by atoms with Gasteiger partial charge in [-0.15, -0.1) is 0 Å². The van der Waals surface area contributed by atoms with E-state index in [4.69, 9.17) is 14.6 Å². The highest BCUT2D eigenvalue weighted by Crippen LogP contribution is 2.47. The number of hydrogen-bond donors (Lipinski definition) is 1. The van der Waals surface area contributed by atoms with E-state index in [9.17, 15) is 14.4 Å². The van der Waals surface area contributed by atoms with Crippen LogP contribution in [0, 0.1) is 5.41 Å². The zero-order chi connectivity index (χ0) is 14.3. The quantitative estimate of drug-likeness (QED) is 0.658. The smallest absolute Gasteiger partial charge is 0.339 e. The van der Waals surface area contributed by atoms with Crippen LogP contribution in [0.5, 0.6) is 0 Å². The van der Waals surface area contributed by atoms with Crippen LogP contribution in [0.2, 0.25) is 0 Å². The van der Waals surface area contributed by atoms with Gasteiger partial charge < -0.3 is 14.6 Å². The molecule has 1 fully saturated rings. The predicted molar refractivity (Wildman–Crippen MR) is 64.9 cm³/mol. The molecule has 1 aromatic rings. The molecule has 1 aliphatic carbocycles. The minimum atomic E-state index is -1.39. The maximum atomic E-state index is 11.8. The van der Waals surface area contributed by atoms with E-state index in [1.165, 1.54) is 0 Å². The summed E-state index contributed by atoms with van der Waals surface area (Å²) in [6.45, 7) is -0.156. The molecule has 1 heterocycles. The maximum absolute atomic E-state index is 11.8. The largest absolute Gasteiger partial charge is 0.480 e. The van der Waals surface area contributed by atoms with Crippen molar-refractivity contribution in [1.29, 1.82) is 0 Å². The summed E-state index contributed by atoms with van der Waals surface area (Å²) < 4.78 is 10.1. The van der Waals surface area contributed by atoms with Gasteiger partial charge in [-0.1, -0.05) is 18.2 Å². The number of fused-ring (bicyclic) bond motifs is 1. The van der Waals surface area contributed by atoms with E-state index < -0.39 is 29.4 Å². The zero-order valence-electron chi connectivity index (χ0n) is 10.5. The minimum Gasteiger partial charge on any atom is -0.480 e. The first-order valence-corrected chi connectivity index (χ1v) is 6.25. The summed E-state index contributed by atoms with van der Waals surface area (Å²) in [6.07, 6.45) is -0.0722. The summed E-state index contributed by atoms with van der Waals surface area (Å²) in [7, 11) is 0. The Balaban J connectivity index is 1.68. The molecule has 0 spiro atoms. The number of carbonyl (C=O) groups excluding carboxylic acids is 2. The second-order valence-electron chi connectivity index (χ2n) is 4.97. The van der Waals surface area contributed by atoms with Crippen LogP contribution in [0.25, 0.3) is 0 Å². The Hall–Kier alpha value is -2.37. The molecule has 1 N–H and O–H groups in total. The molecule has 2 aliphatic rings. The zero-order valence-corrected chi connectivity index (χ0v) is 10.5. The second kappa shape index (κ2) is 4.33. The van der Waals surface area contributed by atoms with Crippen LogP contribution >= 0.6 is 0 Å². The Kier molecular flexibility index (Phi) is 2.74. The summed E-state index contributed by atoms with van der Waals surface area (Å²) in [6, 6.07) is 6.84. The number of aliphatic carboxylic acids is 1. The van der Waals surface area contributed by atoms with Gasteiger partial charge in [-0.25, -0.2) is 4.79 Å². The number of carboxylic acid groups (broad SMARTS) is 1. The summed E-state index contributed by atoms with van der Waals surface area (Å²) in [5, 5.41) is 8.98. The number of carbonyl (C=O) groups is 3. The lowest BCUT2D eigenvalue weighted by Crippen LogP contribution is -2.28. The van der Waals surface area contributed by atoms with Crippen LogP contribution < -0.4 is 0 Å². The van der Waals surface area contributed by atoms with E-state index in [-0.39, 0.29) is 6.61 Å². The number of benzene rings is 1. The summed E-state index contributed by atoms with van der Waals surface area (Å²) in [5.41, 5.74) is -0.277. The second-order valence-corrected chi connectivity index (χ2v) is 4.97. The molecule has 0 saturated heterocycles. The van der Waals surface area contributed by atoms with Gasteiger partial charge in [0.25, 0.3) is 0 Å². The Morgan fingerprint density at radius 1 is 1.35 bits per heavy atom. The fourth-order valence-electron chi connectivity index (χ4n) is 2.26. The number of cyclic esters (lactones) is 1. The molecular formula is C14H12O6. The molecule has 104 valence electrons. The molecule has 0 aromatic heterocycles. The monoisotopic (exact) mass is 276 g/mol. The lowest BCUT2D eigenvalue weighted by atomic mass is 10.1. The molecular weight excluding hydrogens is 264 g/mol. The number of ether oxygens (including phenoxy) is 2. The number of rotatable bonds is 4. The van der Waals surface area contributed by atoms with E-state index in [1.807, 2.05) is 0 Å².